The maximum Gasteiger partial charge on any atom is 0.0721 e. The predicted molar refractivity (Wildman–Crippen MR) is 88.2 cm³/mol. The van der Waals surface area contributed by atoms with Crippen LogP contribution in [0.4, 0.5) is 0 Å². The fourth-order valence-electron chi connectivity index (χ4n) is 3.90. The minimum absolute atomic E-state index is 0.104. The Labute approximate surface area is 127 Å². The quantitative estimate of drug-likeness (QED) is 0.933. The van der Waals surface area contributed by atoms with Crippen LogP contribution in [-0.2, 0) is 13.0 Å². The molecule has 0 spiro atoms. The highest BCUT2D eigenvalue weighted by Crippen LogP contribution is 2.38. The second-order valence-corrected chi connectivity index (χ2v) is 6.98. The topological polar surface area (TPSA) is 43.8 Å². The Morgan fingerprint density at radius 2 is 2.05 bits per heavy atom. The first-order valence-electron chi connectivity index (χ1n) is 8.27. The van der Waals surface area contributed by atoms with Crippen LogP contribution in [0.5, 0.6) is 0 Å². The average molecular weight is 285 g/mol. The van der Waals surface area contributed by atoms with Crippen LogP contribution in [-0.4, -0.2) is 15.3 Å². The van der Waals surface area contributed by atoms with Crippen molar-refractivity contribution in [2.24, 2.45) is 17.6 Å². The average Bonchev–Trinajstić information content (AvgIpc) is 2.81. The van der Waals surface area contributed by atoms with E-state index in [1.54, 1.807) is 0 Å². The second kappa shape index (κ2) is 5.45. The van der Waals surface area contributed by atoms with Crippen LogP contribution in [0.15, 0.2) is 24.3 Å². The normalized spacial score (nSPS) is 29.9. The molecule has 2 aromatic rings. The summed E-state index contributed by atoms with van der Waals surface area (Å²) in [5.74, 6) is 1.30. The lowest BCUT2D eigenvalue weighted by Crippen LogP contribution is -2.51. The summed E-state index contributed by atoms with van der Waals surface area (Å²) in [5, 5.41) is 6.12. The molecule has 1 heterocycles. The largest absolute Gasteiger partial charge is 0.324 e. The molecule has 2 N–H and O–H groups in total. The van der Waals surface area contributed by atoms with Crippen molar-refractivity contribution in [2.75, 3.05) is 0 Å². The van der Waals surface area contributed by atoms with Crippen LogP contribution in [0.25, 0.3) is 10.9 Å². The van der Waals surface area contributed by atoms with E-state index in [1.165, 1.54) is 29.4 Å². The predicted octanol–water partition coefficient (Wildman–Crippen LogP) is 3.75. The zero-order valence-electron chi connectivity index (χ0n) is 13.5. The summed E-state index contributed by atoms with van der Waals surface area (Å²) in [6.07, 6.45) is 4.56. The molecule has 1 aliphatic rings. The Balaban J connectivity index is 1.97. The molecule has 0 saturated heterocycles. The summed E-state index contributed by atoms with van der Waals surface area (Å²) in [4.78, 5) is 0. The summed E-state index contributed by atoms with van der Waals surface area (Å²) in [7, 11) is 0. The number of para-hydroxylation sites is 1. The van der Waals surface area contributed by atoms with Crippen molar-refractivity contribution < 1.29 is 0 Å². The summed E-state index contributed by atoms with van der Waals surface area (Å²) >= 11 is 0. The Hall–Kier alpha value is -1.35. The Morgan fingerprint density at radius 1 is 1.29 bits per heavy atom. The molecule has 3 unspecified atom stereocenters. The molecule has 1 aliphatic carbocycles. The number of aromatic nitrogens is 2. The van der Waals surface area contributed by atoms with Crippen LogP contribution in [0.3, 0.4) is 0 Å². The van der Waals surface area contributed by atoms with Gasteiger partial charge in [0.15, 0.2) is 0 Å². The third kappa shape index (κ3) is 2.59. The molecule has 1 aromatic carbocycles. The van der Waals surface area contributed by atoms with E-state index in [0.717, 1.165) is 25.3 Å². The highest BCUT2D eigenvalue weighted by molar-refractivity contribution is 5.82. The molecule has 114 valence electrons. The third-order valence-electron chi connectivity index (χ3n) is 5.33. The van der Waals surface area contributed by atoms with Crippen LogP contribution < -0.4 is 5.73 Å². The van der Waals surface area contributed by atoms with E-state index in [2.05, 4.69) is 49.7 Å². The van der Waals surface area contributed by atoms with Crippen LogP contribution in [0.2, 0.25) is 0 Å². The number of aryl methyl sites for hydroxylation is 1. The van der Waals surface area contributed by atoms with Crippen molar-refractivity contribution in [1.29, 1.82) is 0 Å². The van der Waals surface area contributed by atoms with Gasteiger partial charge in [-0.25, -0.2) is 0 Å². The number of rotatable bonds is 3. The zero-order valence-corrected chi connectivity index (χ0v) is 13.5. The summed E-state index contributed by atoms with van der Waals surface area (Å²) in [6.45, 7) is 7.69. The molecular formula is C18H27N3. The molecule has 0 bridgehead atoms. The van der Waals surface area contributed by atoms with Gasteiger partial charge in [-0.1, -0.05) is 38.5 Å². The van der Waals surface area contributed by atoms with Crippen LogP contribution in [0, 0.1) is 11.8 Å². The fourth-order valence-corrected chi connectivity index (χ4v) is 3.90. The van der Waals surface area contributed by atoms with Crippen molar-refractivity contribution in [2.45, 2.75) is 58.5 Å². The Kier molecular flexibility index (Phi) is 3.78. The number of fused-ring (bicyclic) bond motifs is 1. The first-order chi connectivity index (χ1) is 10.0. The smallest absolute Gasteiger partial charge is 0.0721 e. The van der Waals surface area contributed by atoms with E-state index >= 15 is 0 Å². The molecule has 1 saturated carbocycles. The van der Waals surface area contributed by atoms with Gasteiger partial charge in [0.1, 0.15) is 0 Å². The minimum atomic E-state index is -0.104. The molecule has 3 rings (SSSR count). The van der Waals surface area contributed by atoms with Gasteiger partial charge in [0.05, 0.1) is 11.2 Å². The third-order valence-corrected chi connectivity index (χ3v) is 5.33. The first-order valence-corrected chi connectivity index (χ1v) is 8.27. The number of hydrogen-bond acceptors (Lipinski definition) is 2. The summed E-state index contributed by atoms with van der Waals surface area (Å²) in [6, 6.07) is 8.53. The number of nitrogens with two attached hydrogens (primary N) is 1. The zero-order chi connectivity index (χ0) is 15.0. The van der Waals surface area contributed by atoms with Crippen LogP contribution >= 0.6 is 0 Å². The lowest BCUT2D eigenvalue weighted by Gasteiger charge is -2.42. The van der Waals surface area contributed by atoms with Gasteiger partial charge in [-0.3, -0.25) is 4.68 Å². The Morgan fingerprint density at radius 3 is 2.81 bits per heavy atom. The summed E-state index contributed by atoms with van der Waals surface area (Å²) < 4.78 is 2.10. The van der Waals surface area contributed by atoms with Crippen molar-refractivity contribution in [3.63, 3.8) is 0 Å². The number of benzene rings is 1. The second-order valence-electron chi connectivity index (χ2n) is 6.98. The maximum atomic E-state index is 6.82. The van der Waals surface area contributed by atoms with Crippen molar-refractivity contribution >= 4 is 10.9 Å². The molecule has 1 fully saturated rings. The molecule has 0 amide bonds. The van der Waals surface area contributed by atoms with Gasteiger partial charge in [0.25, 0.3) is 0 Å². The minimum Gasteiger partial charge on any atom is -0.324 e. The van der Waals surface area contributed by atoms with Crippen molar-refractivity contribution in [1.82, 2.24) is 9.78 Å². The summed E-state index contributed by atoms with van der Waals surface area (Å²) in [5.41, 5.74) is 9.12. The van der Waals surface area contributed by atoms with Gasteiger partial charge in [-0.15, -0.1) is 0 Å². The lowest BCUT2D eigenvalue weighted by molar-refractivity contribution is 0.160. The van der Waals surface area contributed by atoms with Gasteiger partial charge in [0.2, 0.25) is 0 Å². The standard InChI is InChI=1S/C18H27N3/c1-4-21-17-8-6-5-7-15(17)16(20-21)12-18(19)11-13(2)9-10-14(18)3/h5-8,13-14H,4,9-12,19H2,1-3H3. The fraction of sp³-hybridized carbons (Fsp3) is 0.611. The van der Waals surface area contributed by atoms with Gasteiger partial charge in [0, 0.05) is 23.9 Å². The molecule has 0 radical (unpaired) electrons. The van der Waals surface area contributed by atoms with E-state index in [0.29, 0.717) is 5.92 Å². The number of nitrogens with zero attached hydrogens (tertiary/aromatic N) is 2. The van der Waals surface area contributed by atoms with E-state index in [1.807, 2.05) is 0 Å². The SMILES string of the molecule is CCn1nc(CC2(N)CC(C)CCC2C)c2ccccc21. The van der Waals surface area contributed by atoms with E-state index < -0.39 is 0 Å². The van der Waals surface area contributed by atoms with Crippen molar-refractivity contribution in [3.8, 4) is 0 Å². The van der Waals surface area contributed by atoms with E-state index in [9.17, 15) is 0 Å². The van der Waals surface area contributed by atoms with Crippen molar-refractivity contribution in [3.05, 3.63) is 30.0 Å². The molecule has 3 heteroatoms. The van der Waals surface area contributed by atoms with Gasteiger partial charge >= 0.3 is 0 Å². The van der Waals surface area contributed by atoms with E-state index in [-0.39, 0.29) is 5.54 Å². The number of hydrogen-bond donors (Lipinski definition) is 1. The highest BCUT2D eigenvalue weighted by Gasteiger charge is 2.38. The monoisotopic (exact) mass is 285 g/mol. The molecular weight excluding hydrogens is 258 g/mol. The van der Waals surface area contributed by atoms with Crippen LogP contribution in [0.1, 0.15) is 45.7 Å². The maximum absolute atomic E-state index is 6.82. The molecule has 3 atom stereocenters. The van der Waals surface area contributed by atoms with E-state index in [4.69, 9.17) is 10.8 Å². The Bertz CT molecular complexity index is 630. The van der Waals surface area contributed by atoms with Gasteiger partial charge in [-0.2, -0.15) is 5.10 Å². The molecule has 0 aliphatic heterocycles. The molecule has 3 nitrogen and oxygen atoms in total. The molecule has 21 heavy (non-hydrogen) atoms. The molecule has 1 aromatic heterocycles. The first kappa shape index (κ1) is 14.6. The lowest BCUT2D eigenvalue weighted by atomic mass is 9.68. The van der Waals surface area contributed by atoms with Gasteiger partial charge in [-0.05, 0) is 37.7 Å². The van der Waals surface area contributed by atoms with Gasteiger partial charge < -0.3 is 5.73 Å². The highest BCUT2D eigenvalue weighted by atomic mass is 15.3.